The first-order valence-electron chi connectivity index (χ1n) is 8.82. The van der Waals surface area contributed by atoms with Crippen LogP contribution >= 0.6 is 0 Å². The number of benzene rings is 2. The molecule has 27 heavy (non-hydrogen) atoms. The molecule has 3 rings (SSSR count). The summed E-state index contributed by atoms with van der Waals surface area (Å²) < 4.78 is 5.14. The molecule has 0 unspecified atom stereocenters. The van der Waals surface area contributed by atoms with Crippen LogP contribution in [0.3, 0.4) is 0 Å². The highest BCUT2D eigenvalue weighted by Crippen LogP contribution is 2.20. The summed E-state index contributed by atoms with van der Waals surface area (Å²) in [6, 6.07) is 18.3. The molecule has 0 saturated carbocycles. The van der Waals surface area contributed by atoms with Gasteiger partial charge in [0, 0.05) is 18.3 Å². The quantitative estimate of drug-likeness (QED) is 0.627. The zero-order valence-electron chi connectivity index (χ0n) is 15.2. The molecular weight excluding hydrogens is 340 g/mol. The van der Waals surface area contributed by atoms with Crippen LogP contribution in [0.4, 0.5) is 0 Å². The molecule has 0 bridgehead atoms. The largest absolute Gasteiger partial charge is 0.508 e. The minimum absolute atomic E-state index is 0.130. The number of rotatable bonds is 7. The fourth-order valence-corrected chi connectivity index (χ4v) is 2.72. The summed E-state index contributed by atoms with van der Waals surface area (Å²) in [6.07, 6.45) is 3.32. The number of aromatic hydroxyl groups is 1. The van der Waals surface area contributed by atoms with Crippen molar-refractivity contribution in [3.8, 4) is 22.8 Å². The van der Waals surface area contributed by atoms with E-state index < -0.39 is 0 Å². The van der Waals surface area contributed by atoms with Crippen molar-refractivity contribution in [1.82, 2.24) is 10.3 Å². The van der Waals surface area contributed by atoms with Crippen molar-refractivity contribution in [3.63, 3.8) is 0 Å². The van der Waals surface area contributed by atoms with Gasteiger partial charge in [-0.15, -0.1) is 0 Å². The number of aromatic nitrogens is 1. The third-order valence-corrected chi connectivity index (χ3v) is 4.28. The molecule has 0 fully saturated rings. The third kappa shape index (κ3) is 5.07. The van der Waals surface area contributed by atoms with Crippen LogP contribution in [-0.2, 0) is 6.42 Å². The first kappa shape index (κ1) is 18.5. The smallest absolute Gasteiger partial charge is 0.252 e. The summed E-state index contributed by atoms with van der Waals surface area (Å²) in [5.41, 5.74) is 3.39. The monoisotopic (exact) mass is 362 g/mol. The SMILES string of the molecule is COc1ccc(CCCNC(=O)c2ccc(-c3ccc(O)cc3)nc2)cc1. The Hall–Kier alpha value is -3.34. The van der Waals surface area contributed by atoms with E-state index in [-0.39, 0.29) is 11.7 Å². The van der Waals surface area contributed by atoms with Crippen LogP contribution in [0.5, 0.6) is 11.5 Å². The van der Waals surface area contributed by atoms with Crippen LogP contribution < -0.4 is 10.1 Å². The molecule has 5 nitrogen and oxygen atoms in total. The maximum atomic E-state index is 12.2. The number of hydrogen-bond acceptors (Lipinski definition) is 4. The predicted octanol–water partition coefficient (Wildman–Crippen LogP) is 3.83. The van der Waals surface area contributed by atoms with Crippen molar-refractivity contribution >= 4 is 5.91 Å². The molecule has 3 aromatic rings. The van der Waals surface area contributed by atoms with Crippen LogP contribution in [0.1, 0.15) is 22.3 Å². The lowest BCUT2D eigenvalue weighted by Crippen LogP contribution is -2.24. The van der Waals surface area contributed by atoms with Crippen LogP contribution in [0.25, 0.3) is 11.3 Å². The number of phenolic OH excluding ortho intramolecular Hbond substituents is 1. The molecule has 0 aliphatic heterocycles. The van der Waals surface area contributed by atoms with Gasteiger partial charge in [0.25, 0.3) is 5.91 Å². The average molecular weight is 362 g/mol. The molecule has 138 valence electrons. The average Bonchev–Trinajstić information content (AvgIpc) is 2.72. The number of carbonyl (C=O) groups excluding carboxylic acids is 1. The normalized spacial score (nSPS) is 10.4. The van der Waals surface area contributed by atoms with Gasteiger partial charge >= 0.3 is 0 Å². The Morgan fingerprint density at radius 2 is 1.78 bits per heavy atom. The lowest BCUT2D eigenvalue weighted by Gasteiger charge is -2.07. The molecule has 1 aromatic heterocycles. The summed E-state index contributed by atoms with van der Waals surface area (Å²) in [5.74, 6) is 0.925. The van der Waals surface area contributed by atoms with E-state index in [0.29, 0.717) is 12.1 Å². The zero-order chi connectivity index (χ0) is 19.1. The lowest BCUT2D eigenvalue weighted by molar-refractivity contribution is 0.0953. The Balaban J connectivity index is 1.48. The zero-order valence-corrected chi connectivity index (χ0v) is 15.2. The van der Waals surface area contributed by atoms with Crippen LogP contribution in [0.2, 0.25) is 0 Å². The van der Waals surface area contributed by atoms with E-state index >= 15 is 0 Å². The van der Waals surface area contributed by atoms with Gasteiger partial charge in [0.05, 0.1) is 18.4 Å². The maximum absolute atomic E-state index is 12.2. The Morgan fingerprint density at radius 3 is 2.41 bits per heavy atom. The van der Waals surface area contributed by atoms with Gasteiger partial charge in [0.15, 0.2) is 0 Å². The molecule has 1 amide bonds. The summed E-state index contributed by atoms with van der Waals surface area (Å²) in [4.78, 5) is 16.6. The first-order chi connectivity index (χ1) is 13.2. The Labute approximate surface area is 158 Å². The predicted molar refractivity (Wildman–Crippen MR) is 105 cm³/mol. The number of hydrogen-bond donors (Lipinski definition) is 2. The highest BCUT2D eigenvalue weighted by molar-refractivity contribution is 5.94. The first-order valence-corrected chi connectivity index (χ1v) is 8.82. The van der Waals surface area contributed by atoms with Crippen molar-refractivity contribution in [1.29, 1.82) is 0 Å². The molecule has 0 aliphatic carbocycles. The summed E-state index contributed by atoms with van der Waals surface area (Å²) in [6.45, 7) is 0.602. The van der Waals surface area contributed by atoms with E-state index in [9.17, 15) is 9.90 Å². The molecule has 2 aromatic carbocycles. The second kappa shape index (κ2) is 8.85. The third-order valence-electron chi connectivity index (χ3n) is 4.28. The molecule has 0 spiro atoms. The van der Waals surface area contributed by atoms with E-state index in [4.69, 9.17) is 4.74 Å². The number of phenols is 1. The maximum Gasteiger partial charge on any atom is 0.252 e. The Morgan fingerprint density at radius 1 is 1.04 bits per heavy atom. The number of pyridine rings is 1. The van der Waals surface area contributed by atoms with Gasteiger partial charge in [-0.25, -0.2) is 0 Å². The summed E-state index contributed by atoms with van der Waals surface area (Å²) in [7, 11) is 1.65. The second-order valence-corrected chi connectivity index (χ2v) is 6.19. The van der Waals surface area contributed by atoms with Crippen LogP contribution in [0, 0.1) is 0 Å². The van der Waals surface area contributed by atoms with Crippen molar-refractivity contribution in [2.45, 2.75) is 12.8 Å². The lowest BCUT2D eigenvalue weighted by atomic mass is 10.1. The molecule has 0 atom stereocenters. The van der Waals surface area contributed by atoms with Crippen LogP contribution in [0.15, 0.2) is 66.9 Å². The topological polar surface area (TPSA) is 71.5 Å². The number of nitrogens with zero attached hydrogens (tertiary/aromatic N) is 1. The molecule has 5 heteroatoms. The van der Waals surface area contributed by atoms with Gasteiger partial charge in [0.1, 0.15) is 11.5 Å². The second-order valence-electron chi connectivity index (χ2n) is 6.19. The van der Waals surface area contributed by atoms with E-state index in [1.54, 1.807) is 49.7 Å². The van der Waals surface area contributed by atoms with Crippen molar-refractivity contribution in [2.24, 2.45) is 0 Å². The molecule has 0 saturated heterocycles. The van der Waals surface area contributed by atoms with Gasteiger partial charge in [-0.3, -0.25) is 9.78 Å². The van der Waals surface area contributed by atoms with Gasteiger partial charge < -0.3 is 15.2 Å². The highest BCUT2D eigenvalue weighted by atomic mass is 16.5. The number of nitrogens with one attached hydrogen (secondary N) is 1. The van der Waals surface area contributed by atoms with Gasteiger partial charge in [-0.05, 0) is 66.9 Å². The van der Waals surface area contributed by atoms with Crippen molar-refractivity contribution in [2.75, 3.05) is 13.7 Å². The summed E-state index contributed by atoms with van der Waals surface area (Å²) >= 11 is 0. The van der Waals surface area contributed by atoms with Crippen molar-refractivity contribution in [3.05, 3.63) is 78.0 Å². The Kier molecular flexibility index (Phi) is 6.05. The Bertz CT molecular complexity index is 873. The minimum atomic E-state index is -0.130. The van der Waals surface area contributed by atoms with E-state index in [0.717, 1.165) is 29.8 Å². The summed E-state index contributed by atoms with van der Waals surface area (Å²) in [5, 5.41) is 12.3. The van der Waals surface area contributed by atoms with Gasteiger partial charge in [0.2, 0.25) is 0 Å². The van der Waals surface area contributed by atoms with Gasteiger partial charge in [-0.1, -0.05) is 12.1 Å². The fraction of sp³-hybridized carbons (Fsp3) is 0.182. The number of amides is 1. The fourth-order valence-electron chi connectivity index (χ4n) is 2.72. The number of aryl methyl sites for hydroxylation is 1. The van der Waals surface area contributed by atoms with Gasteiger partial charge in [-0.2, -0.15) is 0 Å². The number of carbonyl (C=O) groups is 1. The van der Waals surface area contributed by atoms with Crippen LogP contribution in [-0.4, -0.2) is 29.7 Å². The molecule has 2 N–H and O–H groups in total. The standard InChI is InChI=1S/C22H22N2O3/c1-27-20-11-4-16(5-12-20)3-2-14-23-22(26)18-8-13-21(24-15-18)17-6-9-19(25)10-7-17/h4-13,15,25H,2-3,14H2,1H3,(H,23,26). The number of methoxy groups -OCH3 is 1. The number of ether oxygens (including phenoxy) is 1. The van der Waals surface area contributed by atoms with E-state index in [2.05, 4.69) is 10.3 Å². The van der Waals surface area contributed by atoms with E-state index in [1.165, 1.54) is 5.56 Å². The molecule has 0 aliphatic rings. The molecule has 0 radical (unpaired) electrons. The minimum Gasteiger partial charge on any atom is -0.508 e. The van der Waals surface area contributed by atoms with E-state index in [1.807, 2.05) is 24.3 Å². The highest BCUT2D eigenvalue weighted by Gasteiger charge is 2.07. The molecular formula is C22H22N2O3. The molecule has 1 heterocycles. The van der Waals surface area contributed by atoms with Crippen molar-refractivity contribution < 1.29 is 14.6 Å².